The van der Waals surface area contributed by atoms with Crippen LogP contribution in [0.1, 0.15) is 23.4 Å². The molecule has 1 aliphatic heterocycles. The fraction of sp³-hybridized carbons (Fsp3) is 0.333. The molecule has 0 unspecified atom stereocenters. The lowest BCUT2D eigenvalue weighted by Gasteiger charge is -2.32. The number of likely N-dealkylation sites (tertiary alicyclic amines) is 1. The van der Waals surface area contributed by atoms with Crippen LogP contribution in [0.4, 0.5) is 0 Å². The highest BCUT2D eigenvalue weighted by Crippen LogP contribution is 2.25. The third-order valence-electron chi connectivity index (χ3n) is 6.02. The van der Waals surface area contributed by atoms with Crippen molar-refractivity contribution >= 4 is 44.7 Å². The predicted octanol–water partition coefficient (Wildman–Crippen LogP) is 4.36. The van der Waals surface area contributed by atoms with Gasteiger partial charge in [0.25, 0.3) is 0 Å². The standard InChI is InChI=1S/C24H26N4OS.ClH/c29-23-6-5-17-7-11-25-21(24(17)27-23)10-14-28-12-8-19(9-13-28)26-16-20-15-18-3-1-2-4-22(18)30-20;/h1-7,11,15,19,26H,8-10,12-14,16H2,(H,27,29);1H. The number of aromatic amines is 1. The van der Waals surface area contributed by atoms with Gasteiger partial charge in [0.1, 0.15) is 0 Å². The van der Waals surface area contributed by atoms with Gasteiger partial charge in [0.05, 0.1) is 11.2 Å². The molecule has 1 saturated heterocycles. The fourth-order valence-corrected chi connectivity index (χ4v) is 5.33. The maximum Gasteiger partial charge on any atom is 0.248 e. The maximum absolute atomic E-state index is 11.7. The van der Waals surface area contributed by atoms with Gasteiger partial charge in [0.15, 0.2) is 0 Å². The van der Waals surface area contributed by atoms with E-state index in [1.165, 1.54) is 27.8 Å². The molecule has 162 valence electrons. The number of rotatable bonds is 6. The Kier molecular flexibility index (Phi) is 7.02. The number of fused-ring (bicyclic) bond motifs is 2. The summed E-state index contributed by atoms with van der Waals surface area (Å²) in [5, 5.41) is 6.15. The third-order valence-corrected chi connectivity index (χ3v) is 7.13. The maximum atomic E-state index is 11.7. The molecule has 7 heteroatoms. The summed E-state index contributed by atoms with van der Waals surface area (Å²) < 4.78 is 1.37. The molecule has 0 atom stereocenters. The Balaban J connectivity index is 0.00000231. The summed E-state index contributed by atoms with van der Waals surface area (Å²) >= 11 is 1.89. The van der Waals surface area contributed by atoms with Gasteiger partial charge in [-0.15, -0.1) is 23.7 Å². The monoisotopic (exact) mass is 454 g/mol. The summed E-state index contributed by atoms with van der Waals surface area (Å²) in [5.74, 6) is 0. The Hall–Kier alpha value is -2.25. The number of H-pyrrole nitrogens is 1. The molecule has 5 nitrogen and oxygen atoms in total. The smallest absolute Gasteiger partial charge is 0.248 e. The first-order chi connectivity index (χ1) is 14.7. The lowest BCUT2D eigenvalue weighted by Crippen LogP contribution is -2.42. The van der Waals surface area contributed by atoms with Gasteiger partial charge < -0.3 is 15.2 Å². The number of benzene rings is 1. The van der Waals surface area contributed by atoms with Crippen LogP contribution in [-0.2, 0) is 13.0 Å². The van der Waals surface area contributed by atoms with Crippen LogP contribution in [0.15, 0.2) is 59.5 Å². The minimum absolute atomic E-state index is 0. The molecule has 0 aliphatic carbocycles. The molecule has 1 aromatic carbocycles. The summed E-state index contributed by atoms with van der Waals surface area (Å²) in [6.45, 7) is 4.14. The van der Waals surface area contributed by atoms with E-state index in [2.05, 4.69) is 50.5 Å². The van der Waals surface area contributed by atoms with E-state index in [4.69, 9.17) is 0 Å². The zero-order valence-electron chi connectivity index (χ0n) is 17.3. The largest absolute Gasteiger partial charge is 0.320 e. The van der Waals surface area contributed by atoms with Crippen LogP contribution in [0, 0.1) is 0 Å². The van der Waals surface area contributed by atoms with Gasteiger partial charge in [-0.25, -0.2) is 0 Å². The van der Waals surface area contributed by atoms with E-state index in [-0.39, 0.29) is 18.0 Å². The SMILES string of the molecule is Cl.O=c1ccc2ccnc(CCN3CCC(NCc4cc5ccccc5s4)CC3)c2[nH]1. The van der Waals surface area contributed by atoms with Crippen molar-refractivity contribution < 1.29 is 0 Å². The number of nitrogens with one attached hydrogen (secondary N) is 2. The summed E-state index contributed by atoms with van der Waals surface area (Å²) in [7, 11) is 0. The molecule has 3 aromatic heterocycles. The predicted molar refractivity (Wildman–Crippen MR) is 131 cm³/mol. The van der Waals surface area contributed by atoms with E-state index < -0.39 is 0 Å². The summed E-state index contributed by atoms with van der Waals surface area (Å²) in [4.78, 5) is 23.1. The number of hydrogen-bond acceptors (Lipinski definition) is 5. The van der Waals surface area contributed by atoms with Crippen molar-refractivity contribution in [3.8, 4) is 0 Å². The molecule has 0 amide bonds. The van der Waals surface area contributed by atoms with E-state index in [0.717, 1.165) is 49.2 Å². The van der Waals surface area contributed by atoms with Crippen molar-refractivity contribution in [3.05, 3.63) is 75.7 Å². The van der Waals surface area contributed by atoms with Gasteiger partial charge in [-0.05, 0) is 55.6 Å². The Morgan fingerprint density at radius 2 is 1.94 bits per heavy atom. The number of halogens is 1. The zero-order valence-corrected chi connectivity index (χ0v) is 19.0. The highest BCUT2D eigenvalue weighted by molar-refractivity contribution is 7.19. The van der Waals surface area contributed by atoms with Crippen molar-refractivity contribution in [2.24, 2.45) is 0 Å². The molecule has 0 bridgehead atoms. The average Bonchev–Trinajstić information content (AvgIpc) is 3.20. The van der Waals surface area contributed by atoms with Crippen molar-refractivity contribution in [1.82, 2.24) is 20.2 Å². The molecule has 0 spiro atoms. The quantitative estimate of drug-likeness (QED) is 0.454. The Labute approximate surface area is 191 Å². The summed E-state index contributed by atoms with van der Waals surface area (Å²) in [6.07, 6.45) is 5.03. The molecule has 4 heterocycles. The molecule has 31 heavy (non-hydrogen) atoms. The number of piperidine rings is 1. The minimum atomic E-state index is -0.0673. The van der Waals surface area contributed by atoms with Crippen molar-refractivity contribution in [2.45, 2.75) is 31.8 Å². The minimum Gasteiger partial charge on any atom is -0.320 e. The number of thiophene rings is 1. The van der Waals surface area contributed by atoms with E-state index in [0.29, 0.717) is 6.04 Å². The highest BCUT2D eigenvalue weighted by atomic mass is 35.5. The Morgan fingerprint density at radius 3 is 2.77 bits per heavy atom. The van der Waals surface area contributed by atoms with Crippen LogP contribution in [0.5, 0.6) is 0 Å². The Morgan fingerprint density at radius 1 is 1.10 bits per heavy atom. The lowest BCUT2D eigenvalue weighted by atomic mass is 10.0. The number of pyridine rings is 2. The van der Waals surface area contributed by atoms with Crippen LogP contribution in [0.3, 0.4) is 0 Å². The second kappa shape index (κ2) is 9.92. The van der Waals surface area contributed by atoms with E-state index in [1.54, 1.807) is 6.07 Å². The van der Waals surface area contributed by atoms with Gasteiger partial charge in [0.2, 0.25) is 5.56 Å². The average molecular weight is 455 g/mol. The summed E-state index contributed by atoms with van der Waals surface area (Å²) in [6, 6.07) is 16.9. The number of aromatic nitrogens is 2. The van der Waals surface area contributed by atoms with Crippen LogP contribution in [0.2, 0.25) is 0 Å². The number of nitrogens with zero attached hydrogens (tertiary/aromatic N) is 2. The molecular formula is C24H27ClN4OS. The van der Waals surface area contributed by atoms with Gasteiger partial charge in [-0.1, -0.05) is 18.2 Å². The van der Waals surface area contributed by atoms with Crippen LogP contribution >= 0.6 is 23.7 Å². The van der Waals surface area contributed by atoms with Crippen LogP contribution in [-0.4, -0.2) is 40.5 Å². The van der Waals surface area contributed by atoms with E-state index in [9.17, 15) is 4.79 Å². The lowest BCUT2D eigenvalue weighted by molar-refractivity contribution is 0.199. The van der Waals surface area contributed by atoms with Crippen LogP contribution < -0.4 is 10.9 Å². The number of hydrogen-bond donors (Lipinski definition) is 2. The van der Waals surface area contributed by atoms with Crippen molar-refractivity contribution in [3.63, 3.8) is 0 Å². The first kappa shape index (κ1) is 22.0. The first-order valence-corrected chi connectivity index (χ1v) is 11.5. The first-order valence-electron chi connectivity index (χ1n) is 10.6. The fourth-order valence-electron chi connectivity index (χ4n) is 4.32. The normalized spacial score (nSPS) is 15.4. The second-order valence-electron chi connectivity index (χ2n) is 8.04. The molecule has 0 saturated carbocycles. The molecular weight excluding hydrogens is 428 g/mol. The second-order valence-corrected chi connectivity index (χ2v) is 9.21. The Bertz CT molecular complexity index is 1180. The van der Waals surface area contributed by atoms with Crippen molar-refractivity contribution in [1.29, 1.82) is 0 Å². The zero-order chi connectivity index (χ0) is 20.3. The molecule has 1 aliphatic rings. The topological polar surface area (TPSA) is 61.0 Å². The van der Waals surface area contributed by atoms with Crippen LogP contribution in [0.25, 0.3) is 21.0 Å². The van der Waals surface area contributed by atoms with Gasteiger partial charge >= 0.3 is 0 Å². The molecule has 2 N–H and O–H groups in total. The molecule has 5 rings (SSSR count). The van der Waals surface area contributed by atoms with Gasteiger partial charge in [0, 0.05) is 52.8 Å². The van der Waals surface area contributed by atoms with Gasteiger partial charge in [-0.3, -0.25) is 9.78 Å². The highest BCUT2D eigenvalue weighted by Gasteiger charge is 2.19. The third kappa shape index (κ3) is 5.15. The summed E-state index contributed by atoms with van der Waals surface area (Å²) in [5.41, 5.74) is 1.79. The molecule has 4 aromatic rings. The molecule has 1 fully saturated rings. The van der Waals surface area contributed by atoms with E-state index in [1.807, 2.05) is 29.7 Å². The van der Waals surface area contributed by atoms with Crippen molar-refractivity contribution in [2.75, 3.05) is 19.6 Å². The van der Waals surface area contributed by atoms with E-state index >= 15 is 0 Å². The van der Waals surface area contributed by atoms with Gasteiger partial charge in [-0.2, -0.15) is 0 Å². The molecule has 0 radical (unpaired) electrons.